The van der Waals surface area contributed by atoms with Crippen LogP contribution in [-0.2, 0) is 24.3 Å². The number of benzene rings is 4. The summed E-state index contributed by atoms with van der Waals surface area (Å²) in [4.78, 5) is 0. The molecule has 1 heterocycles. The summed E-state index contributed by atoms with van der Waals surface area (Å²) in [5.41, 5.74) is 13.4. The van der Waals surface area contributed by atoms with Crippen LogP contribution in [0.3, 0.4) is 0 Å². The summed E-state index contributed by atoms with van der Waals surface area (Å²) in [6.07, 6.45) is 3.39. The molecule has 4 aromatic rings. The second-order valence-corrected chi connectivity index (χ2v) is 26.3. The van der Waals surface area contributed by atoms with Crippen LogP contribution < -0.4 is 13.6 Å². The van der Waals surface area contributed by atoms with E-state index in [1.54, 1.807) is 0 Å². The van der Waals surface area contributed by atoms with Gasteiger partial charge in [0.1, 0.15) is 0 Å². The molecule has 0 N–H and O–H groups in total. The molecule has 0 bridgehead atoms. The standard InChI is InChI=1S/C20H21.C12H9Si.2ClH.Zr/c1-5-16-6-7-17-9-15(4)12-19(17)20(16)18-10-13(2)8-14(3)11-18;1-3-7-11-9(5-1)10-6-2-4-8-12(10)13-11;;;/h6-12H,5H2,1-4H3;1-7H,13H2;2*1H;/q;;;;+2/p-2. The van der Waals surface area contributed by atoms with Gasteiger partial charge >= 0.3 is 230 Å². The van der Waals surface area contributed by atoms with Gasteiger partial charge in [0.15, 0.2) is 0 Å². The Morgan fingerprint density at radius 1 is 0.833 bits per heavy atom. The van der Waals surface area contributed by atoms with E-state index < -0.39 is 27.4 Å². The molecule has 0 spiro atoms. The number of hydrogen-bond donors (Lipinski definition) is 0. The van der Waals surface area contributed by atoms with E-state index in [-0.39, 0.29) is 3.63 Å². The first kappa shape index (κ1) is 24.6. The molecule has 36 heavy (non-hydrogen) atoms. The number of hydrogen-bond acceptors (Lipinski definition) is 0. The van der Waals surface area contributed by atoms with Crippen molar-refractivity contribution in [3.8, 4) is 22.3 Å². The van der Waals surface area contributed by atoms with Crippen molar-refractivity contribution >= 4 is 46.3 Å². The second-order valence-electron chi connectivity index (χ2n) is 10.4. The normalized spacial score (nSPS) is 16.6. The van der Waals surface area contributed by atoms with Crippen molar-refractivity contribution in [3.05, 3.63) is 106 Å². The van der Waals surface area contributed by atoms with Crippen molar-refractivity contribution in [2.45, 2.75) is 37.7 Å². The van der Waals surface area contributed by atoms with E-state index in [2.05, 4.69) is 107 Å². The van der Waals surface area contributed by atoms with Crippen molar-refractivity contribution in [1.29, 1.82) is 0 Å². The summed E-state index contributed by atoms with van der Waals surface area (Å²) in [6.45, 7) is 8.87. The zero-order chi connectivity index (χ0) is 25.2. The molecule has 2 aliphatic rings. The van der Waals surface area contributed by atoms with Crippen LogP contribution in [0.2, 0.25) is 0 Å². The summed E-state index contributed by atoms with van der Waals surface area (Å²) >= 11 is -3.88. The molecule has 180 valence electrons. The van der Waals surface area contributed by atoms with Gasteiger partial charge in [-0.05, 0) is 0 Å². The van der Waals surface area contributed by atoms with E-state index in [0.29, 0.717) is 0 Å². The van der Waals surface area contributed by atoms with E-state index in [9.17, 15) is 0 Å². The van der Waals surface area contributed by atoms with Crippen LogP contribution in [0.25, 0.3) is 28.3 Å². The van der Waals surface area contributed by atoms with Crippen molar-refractivity contribution in [2.75, 3.05) is 0 Å². The first-order valence-electron chi connectivity index (χ1n) is 12.8. The minimum absolute atomic E-state index is 0.123. The summed E-state index contributed by atoms with van der Waals surface area (Å²) < 4.78 is 1.42. The number of rotatable bonds is 4. The number of allylic oxidation sites excluding steroid dienone is 1. The third-order valence-electron chi connectivity index (χ3n) is 7.97. The van der Waals surface area contributed by atoms with Gasteiger partial charge in [0.25, 0.3) is 0 Å². The minimum atomic E-state index is -3.88. The molecule has 0 nitrogen and oxygen atoms in total. The third kappa shape index (κ3) is 3.88. The monoisotopic (exact) mass is 602 g/mol. The van der Waals surface area contributed by atoms with Gasteiger partial charge in [-0.15, -0.1) is 0 Å². The first-order chi connectivity index (χ1) is 17.3. The van der Waals surface area contributed by atoms with Gasteiger partial charge in [-0.1, -0.05) is 0 Å². The predicted octanol–water partition coefficient (Wildman–Crippen LogP) is 6.88. The summed E-state index contributed by atoms with van der Waals surface area (Å²) in [7, 11) is 14.8. The van der Waals surface area contributed by atoms with Crippen molar-refractivity contribution in [1.82, 2.24) is 0 Å². The van der Waals surface area contributed by atoms with Gasteiger partial charge in [-0.25, -0.2) is 0 Å². The Hall–Kier alpha value is -1.70. The molecule has 6 rings (SSSR count). The Kier molecular flexibility index (Phi) is 6.32. The topological polar surface area (TPSA) is 0 Å². The molecule has 4 aromatic carbocycles. The summed E-state index contributed by atoms with van der Waals surface area (Å²) in [6, 6.07) is 27.1. The Labute approximate surface area is 228 Å². The predicted molar refractivity (Wildman–Crippen MR) is 158 cm³/mol. The third-order valence-corrected chi connectivity index (χ3v) is 22.5. The Balaban J connectivity index is 1.51. The SMILES string of the molecule is CCc1ccc2c(c1-c1cc(C)cc(C)c1)C=C(C)[CH]2[Zr]([Cl])([Cl])[c]1cccc2c1[SiH2]c1ccccc1-2. The van der Waals surface area contributed by atoms with Gasteiger partial charge in [0.2, 0.25) is 0 Å². The molecule has 0 fully saturated rings. The molecule has 1 atom stereocenters. The summed E-state index contributed by atoms with van der Waals surface area (Å²) in [5.74, 6) is 0. The fraction of sp³-hybridized carbons (Fsp3) is 0.188. The molecule has 0 amide bonds. The van der Waals surface area contributed by atoms with Crippen molar-refractivity contribution < 1.29 is 17.9 Å². The van der Waals surface area contributed by atoms with Crippen LogP contribution in [-0.4, -0.2) is 9.52 Å². The molecule has 1 aliphatic heterocycles. The van der Waals surface area contributed by atoms with Gasteiger partial charge in [-0.2, -0.15) is 0 Å². The maximum atomic E-state index is 7.70. The van der Waals surface area contributed by atoms with E-state index in [1.807, 2.05) is 0 Å². The van der Waals surface area contributed by atoms with E-state index in [1.165, 1.54) is 69.3 Å². The molecular formula is C32H30Cl2SiZr. The molecule has 0 saturated heterocycles. The molecule has 0 saturated carbocycles. The van der Waals surface area contributed by atoms with Crippen LogP contribution in [0, 0.1) is 13.8 Å². The van der Waals surface area contributed by atoms with Gasteiger partial charge in [-0.3, -0.25) is 0 Å². The van der Waals surface area contributed by atoms with Crippen LogP contribution in [0.15, 0.2) is 78.4 Å². The fourth-order valence-corrected chi connectivity index (χ4v) is 23.7. The maximum absolute atomic E-state index is 7.70. The fourth-order valence-electron chi connectivity index (χ4n) is 6.51. The molecular weight excluding hydrogens is 575 g/mol. The zero-order valence-electron chi connectivity index (χ0n) is 21.3. The number of halogens is 2. The molecule has 1 aliphatic carbocycles. The van der Waals surface area contributed by atoms with Crippen molar-refractivity contribution in [3.63, 3.8) is 0 Å². The van der Waals surface area contributed by atoms with E-state index in [0.717, 1.165) is 6.42 Å². The molecule has 4 heteroatoms. The average Bonchev–Trinajstić information content (AvgIpc) is 3.39. The summed E-state index contributed by atoms with van der Waals surface area (Å²) in [5, 5.41) is 3.00. The van der Waals surface area contributed by atoms with Gasteiger partial charge in [0, 0.05) is 0 Å². The Morgan fingerprint density at radius 3 is 2.31 bits per heavy atom. The number of aryl methyl sites for hydroxylation is 3. The van der Waals surface area contributed by atoms with Gasteiger partial charge in [0.05, 0.1) is 0 Å². The molecule has 1 unspecified atom stereocenters. The van der Waals surface area contributed by atoms with E-state index >= 15 is 0 Å². The van der Waals surface area contributed by atoms with Crippen LogP contribution in [0.4, 0.5) is 0 Å². The number of fused-ring (bicyclic) bond motifs is 4. The Bertz CT molecular complexity index is 1550. The van der Waals surface area contributed by atoms with Crippen LogP contribution >= 0.6 is 17.0 Å². The Morgan fingerprint density at radius 2 is 1.56 bits per heavy atom. The average molecular weight is 605 g/mol. The van der Waals surface area contributed by atoms with Gasteiger partial charge < -0.3 is 0 Å². The van der Waals surface area contributed by atoms with Crippen LogP contribution in [0.5, 0.6) is 0 Å². The van der Waals surface area contributed by atoms with Crippen LogP contribution in [0.1, 0.15) is 45.3 Å². The second kappa shape index (κ2) is 9.25. The first-order valence-corrected chi connectivity index (χ1v) is 23.2. The quantitative estimate of drug-likeness (QED) is 0.196. The molecule has 0 radical (unpaired) electrons. The zero-order valence-corrected chi connectivity index (χ0v) is 26.6. The van der Waals surface area contributed by atoms with E-state index in [4.69, 9.17) is 17.0 Å². The van der Waals surface area contributed by atoms with Crippen molar-refractivity contribution in [2.24, 2.45) is 0 Å². The molecule has 0 aromatic heterocycles.